The van der Waals surface area contributed by atoms with Gasteiger partial charge in [-0.2, -0.15) is 0 Å². The molecule has 29 heavy (non-hydrogen) atoms. The molecule has 1 saturated heterocycles. The maximum Gasteiger partial charge on any atom is 0.234 e. The van der Waals surface area contributed by atoms with E-state index in [2.05, 4.69) is 20.3 Å². The Morgan fingerprint density at radius 1 is 1.21 bits per heavy atom. The van der Waals surface area contributed by atoms with E-state index in [1.807, 2.05) is 0 Å². The van der Waals surface area contributed by atoms with Crippen LogP contribution in [0.2, 0.25) is 0 Å². The molecular formula is C21H29N5O2S. The SMILES string of the molecule is NNC(=O)C[C@H]1CCc2sc3ncnc(O[C@H]4CC[C@H](N5CCCC5)CC4)c3c21. The molecule has 0 radical (unpaired) electrons. The molecule has 2 aromatic rings. The number of aryl methyl sites for hydroxylation is 1. The Morgan fingerprint density at radius 2 is 2.00 bits per heavy atom. The number of carbonyl (C=O) groups is 1. The maximum absolute atomic E-state index is 11.9. The highest BCUT2D eigenvalue weighted by Gasteiger charge is 2.33. The van der Waals surface area contributed by atoms with Gasteiger partial charge < -0.3 is 9.64 Å². The Hall–Kier alpha value is -1.77. The zero-order valence-electron chi connectivity index (χ0n) is 16.7. The fraction of sp³-hybridized carbons (Fsp3) is 0.667. The van der Waals surface area contributed by atoms with Crippen molar-refractivity contribution in [1.29, 1.82) is 0 Å². The fourth-order valence-corrected chi connectivity index (χ4v) is 6.64. The minimum Gasteiger partial charge on any atom is -0.474 e. The Labute approximate surface area is 175 Å². The number of nitrogens with one attached hydrogen (secondary N) is 1. The van der Waals surface area contributed by atoms with Gasteiger partial charge in [-0.3, -0.25) is 10.2 Å². The normalized spacial score (nSPS) is 27.3. The first-order valence-corrected chi connectivity index (χ1v) is 11.7. The van der Waals surface area contributed by atoms with E-state index in [-0.39, 0.29) is 17.9 Å². The first kappa shape index (κ1) is 19.2. The molecule has 0 unspecified atom stereocenters. The summed E-state index contributed by atoms with van der Waals surface area (Å²) in [6.07, 6.45) is 11.5. The number of carbonyl (C=O) groups excluding carboxylic acids is 1. The minimum absolute atomic E-state index is 0.123. The third-order valence-electron chi connectivity index (χ3n) is 6.87. The van der Waals surface area contributed by atoms with E-state index in [4.69, 9.17) is 10.6 Å². The lowest BCUT2D eigenvalue weighted by molar-refractivity contribution is -0.121. The Morgan fingerprint density at radius 3 is 2.76 bits per heavy atom. The molecule has 7 nitrogen and oxygen atoms in total. The van der Waals surface area contributed by atoms with Crippen LogP contribution in [0.5, 0.6) is 5.88 Å². The highest BCUT2D eigenvalue weighted by atomic mass is 32.1. The van der Waals surface area contributed by atoms with Crippen LogP contribution >= 0.6 is 11.3 Å². The molecule has 1 aliphatic heterocycles. The summed E-state index contributed by atoms with van der Waals surface area (Å²) in [6.45, 7) is 2.53. The molecule has 8 heteroatoms. The zero-order chi connectivity index (χ0) is 19.8. The van der Waals surface area contributed by atoms with Crippen LogP contribution in [0, 0.1) is 0 Å². The first-order valence-electron chi connectivity index (χ1n) is 10.9. The quantitative estimate of drug-likeness (QED) is 0.443. The molecule has 3 heterocycles. The van der Waals surface area contributed by atoms with Gasteiger partial charge in [0.1, 0.15) is 17.3 Å². The molecule has 3 N–H and O–H groups in total. The number of ether oxygens (including phenoxy) is 1. The van der Waals surface area contributed by atoms with E-state index in [1.165, 1.54) is 49.2 Å². The van der Waals surface area contributed by atoms with Crippen molar-refractivity contribution >= 4 is 27.5 Å². The van der Waals surface area contributed by atoms with E-state index in [0.717, 1.165) is 41.9 Å². The number of aromatic nitrogens is 2. The molecule has 2 fully saturated rings. The van der Waals surface area contributed by atoms with Gasteiger partial charge in [0.2, 0.25) is 11.8 Å². The highest BCUT2D eigenvalue weighted by molar-refractivity contribution is 7.19. The topological polar surface area (TPSA) is 93.4 Å². The van der Waals surface area contributed by atoms with Crippen molar-refractivity contribution in [1.82, 2.24) is 20.3 Å². The van der Waals surface area contributed by atoms with Gasteiger partial charge >= 0.3 is 0 Å². The van der Waals surface area contributed by atoms with Crippen molar-refractivity contribution in [2.75, 3.05) is 13.1 Å². The molecule has 1 amide bonds. The Kier molecular flexibility index (Phi) is 5.41. The number of fused-ring (bicyclic) bond motifs is 3. The predicted molar refractivity (Wildman–Crippen MR) is 113 cm³/mol. The van der Waals surface area contributed by atoms with Crippen molar-refractivity contribution in [2.24, 2.45) is 5.84 Å². The Bertz CT molecular complexity index is 887. The second kappa shape index (κ2) is 8.16. The molecule has 0 bridgehead atoms. The van der Waals surface area contributed by atoms with Crippen molar-refractivity contribution in [3.05, 3.63) is 16.8 Å². The number of hydrogen-bond donors (Lipinski definition) is 2. The van der Waals surface area contributed by atoms with Gasteiger partial charge in [-0.1, -0.05) is 0 Å². The molecule has 2 aromatic heterocycles. The smallest absolute Gasteiger partial charge is 0.234 e. The predicted octanol–water partition coefficient (Wildman–Crippen LogP) is 2.89. The summed E-state index contributed by atoms with van der Waals surface area (Å²) < 4.78 is 6.45. The van der Waals surface area contributed by atoms with E-state index in [1.54, 1.807) is 17.7 Å². The summed E-state index contributed by atoms with van der Waals surface area (Å²) in [5.41, 5.74) is 3.49. The average Bonchev–Trinajstić information content (AvgIpc) is 3.46. The summed E-state index contributed by atoms with van der Waals surface area (Å²) in [5, 5.41) is 1.03. The maximum atomic E-state index is 11.9. The molecule has 2 aliphatic carbocycles. The number of nitrogens with zero attached hydrogens (tertiary/aromatic N) is 3. The Balaban J connectivity index is 1.34. The standard InChI is InChI=1S/C21H29N5O2S/c22-25-17(27)11-13-3-8-16-18(13)19-20(23-12-24-21(19)29-16)28-15-6-4-14(5-7-15)26-9-1-2-10-26/h12-15H,1-11,22H2,(H,25,27)/t13-,14-,15-/m1/s1. The lowest BCUT2D eigenvalue weighted by Gasteiger charge is -2.34. The molecule has 1 atom stereocenters. The highest BCUT2D eigenvalue weighted by Crippen LogP contribution is 2.47. The number of thiophene rings is 1. The number of hydrazine groups is 1. The van der Waals surface area contributed by atoms with Gasteiger partial charge in [0.25, 0.3) is 0 Å². The number of nitrogens with two attached hydrogens (primary N) is 1. The van der Waals surface area contributed by atoms with Gasteiger partial charge in [0, 0.05) is 17.3 Å². The number of likely N-dealkylation sites (tertiary alicyclic amines) is 1. The molecule has 0 spiro atoms. The van der Waals surface area contributed by atoms with Gasteiger partial charge in [0.05, 0.1) is 5.39 Å². The van der Waals surface area contributed by atoms with E-state index in [9.17, 15) is 4.79 Å². The van der Waals surface area contributed by atoms with Crippen LogP contribution in [-0.4, -0.2) is 46.0 Å². The third kappa shape index (κ3) is 3.73. The van der Waals surface area contributed by atoms with E-state index >= 15 is 0 Å². The third-order valence-corrected chi connectivity index (χ3v) is 8.04. The van der Waals surface area contributed by atoms with Crippen molar-refractivity contribution in [3.63, 3.8) is 0 Å². The summed E-state index contributed by atoms with van der Waals surface area (Å²) >= 11 is 1.72. The molecule has 0 aromatic carbocycles. The van der Waals surface area contributed by atoms with Crippen LogP contribution in [0.3, 0.4) is 0 Å². The first-order chi connectivity index (χ1) is 14.2. The van der Waals surface area contributed by atoms with Gasteiger partial charge in [0.15, 0.2) is 0 Å². The van der Waals surface area contributed by atoms with Crippen molar-refractivity contribution < 1.29 is 9.53 Å². The van der Waals surface area contributed by atoms with Gasteiger partial charge in [-0.25, -0.2) is 15.8 Å². The van der Waals surface area contributed by atoms with Crippen LogP contribution in [0.25, 0.3) is 10.2 Å². The largest absolute Gasteiger partial charge is 0.474 e. The number of amides is 1. The van der Waals surface area contributed by atoms with E-state index in [0.29, 0.717) is 12.3 Å². The van der Waals surface area contributed by atoms with Crippen LogP contribution in [0.1, 0.15) is 67.7 Å². The molecule has 156 valence electrons. The summed E-state index contributed by atoms with van der Waals surface area (Å²) in [6, 6.07) is 0.729. The van der Waals surface area contributed by atoms with Gasteiger partial charge in [-0.15, -0.1) is 11.3 Å². The van der Waals surface area contributed by atoms with Crippen LogP contribution in [0.4, 0.5) is 0 Å². The molecule has 5 rings (SSSR count). The fourth-order valence-electron chi connectivity index (χ4n) is 5.41. The van der Waals surface area contributed by atoms with Crippen LogP contribution in [0.15, 0.2) is 6.33 Å². The van der Waals surface area contributed by atoms with Gasteiger partial charge in [-0.05, 0) is 75.9 Å². The lowest BCUT2D eigenvalue weighted by atomic mass is 9.92. The monoisotopic (exact) mass is 415 g/mol. The number of rotatable bonds is 5. The molecule has 1 saturated carbocycles. The molecule has 3 aliphatic rings. The lowest BCUT2D eigenvalue weighted by Crippen LogP contribution is -2.38. The van der Waals surface area contributed by atoms with Crippen molar-refractivity contribution in [3.8, 4) is 5.88 Å². The zero-order valence-corrected chi connectivity index (χ0v) is 17.5. The molecular weight excluding hydrogens is 386 g/mol. The van der Waals surface area contributed by atoms with Crippen LogP contribution < -0.4 is 16.0 Å². The second-order valence-electron chi connectivity index (χ2n) is 8.60. The summed E-state index contributed by atoms with van der Waals surface area (Å²) in [4.78, 5) is 25.8. The average molecular weight is 416 g/mol. The van der Waals surface area contributed by atoms with Crippen LogP contribution in [-0.2, 0) is 11.2 Å². The second-order valence-corrected chi connectivity index (χ2v) is 9.68. The van der Waals surface area contributed by atoms with Crippen molar-refractivity contribution in [2.45, 2.75) is 75.9 Å². The number of hydrogen-bond acceptors (Lipinski definition) is 7. The minimum atomic E-state index is -0.123. The summed E-state index contributed by atoms with van der Waals surface area (Å²) in [5.74, 6) is 6.07. The summed E-state index contributed by atoms with van der Waals surface area (Å²) in [7, 11) is 0. The van der Waals surface area contributed by atoms with E-state index < -0.39 is 0 Å².